The average Bonchev–Trinajstić information content (AvgIpc) is 2.73. The van der Waals surface area contributed by atoms with Crippen LogP contribution in [0.25, 0.3) is 0 Å². The lowest BCUT2D eigenvalue weighted by atomic mass is 9.65. The summed E-state index contributed by atoms with van der Waals surface area (Å²) in [6, 6.07) is 8.77. The number of nitrogens with zero attached hydrogens (tertiary/aromatic N) is 1. The monoisotopic (exact) mass is 386 g/mol. The van der Waals surface area contributed by atoms with E-state index >= 15 is 0 Å². The molecule has 1 aromatic rings. The largest absolute Gasteiger partial charge is 0.390 e. The molecule has 1 aromatic carbocycles. The van der Waals surface area contributed by atoms with Gasteiger partial charge < -0.3 is 20.4 Å². The lowest BCUT2D eigenvalue weighted by molar-refractivity contribution is -0.132. The van der Waals surface area contributed by atoms with Gasteiger partial charge in [-0.15, -0.1) is 0 Å². The summed E-state index contributed by atoms with van der Waals surface area (Å²) in [5, 5.41) is 23.2. The van der Waals surface area contributed by atoms with Crippen molar-refractivity contribution in [2.24, 2.45) is 17.8 Å². The van der Waals surface area contributed by atoms with Crippen LogP contribution in [-0.4, -0.2) is 48.0 Å². The SMILES string of the molecule is O=C(NCCc1ccc(N2CCCCC2)cc1)[C@H]1C[C@H]2C[C@@H](C1)[C@H](O)[C@H](O)C2. The lowest BCUT2D eigenvalue weighted by Crippen LogP contribution is -2.47. The number of carbonyl (C=O) groups excluding carboxylic acids is 1. The van der Waals surface area contributed by atoms with Crippen LogP contribution in [0.3, 0.4) is 0 Å². The number of carbonyl (C=O) groups is 1. The highest BCUT2D eigenvalue weighted by molar-refractivity contribution is 5.78. The molecule has 0 radical (unpaired) electrons. The minimum absolute atomic E-state index is 0.0209. The molecule has 3 fully saturated rings. The van der Waals surface area contributed by atoms with Gasteiger partial charge in [-0.25, -0.2) is 0 Å². The Morgan fingerprint density at radius 1 is 1.00 bits per heavy atom. The van der Waals surface area contributed by atoms with Gasteiger partial charge in [0.2, 0.25) is 5.91 Å². The number of benzene rings is 1. The highest BCUT2D eigenvalue weighted by Gasteiger charge is 2.43. The van der Waals surface area contributed by atoms with E-state index in [1.165, 1.54) is 30.5 Å². The topological polar surface area (TPSA) is 72.8 Å². The Morgan fingerprint density at radius 3 is 2.50 bits per heavy atom. The summed E-state index contributed by atoms with van der Waals surface area (Å²) < 4.78 is 0. The number of aliphatic hydroxyl groups is 2. The van der Waals surface area contributed by atoms with Gasteiger partial charge in [0.25, 0.3) is 0 Å². The summed E-state index contributed by atoms with van der Waals surface area (Å²) in [4.78, 5) is 15.1. The fraction of sp³-hybridized carbons (Fsp3) is 0.696. The first-order valence-electron chi connectivity index (χ1n) is 11.1. The van der Waals surface area contributed by atoms with Crippen LogP contribution in [0, 0.1) is 17.8 Å². The lowest BCUT2D eigenvalue weighted by Gasteiger charge is -2.43. The van der Waals surface area contributed by atoms with Crippen LogP contribution in [0.5, 0.6) is 0 Å². The maximum atomic E-state index is 12.6. The van der Waals surface area contributed by atoms with E-state index in [1.54, 1.807) is 0 Å². The van der Waals surface area contributed by atoms with Gasteiger partial charge in [-0.3, -0.25) is 4.79 Å². The Bertz CT molecular complexity index is 654. The first kappa shape index (κ1) is 19.7. The summed E-state index contributed by atoms with van der Waals surface area (Å²) in [5.74, 6) is 0.534. The zero-order chi connectivity index (χ0) is 19.5. The van der Waals surface area contributed by atoms with Gasteiger partial charge in [-0.05, 0) is 80.9 Å². The second kappa shape index (κ2) is 8.83. The number of amides is 1. The third kappa shape index (κ3) is 4.52. The van der Waals surface area contributed by atoms with Gasteiger partial charge >= 0.3 is 0 Å². The Kier molecular flexibility index (Phi) is 6.22. The van der Waals surface area contributed by atoms with Crippen molar-refractivity contribution in [3.63, 3.8) is 0 Å². The summed E-state index contributed by atoms with van der Waals surface area (Å²) in [7, 11) is 0. The van der Waals surface area contributed by atoms with Crippen LogP contribution in [0.4, 0.5) is 5.69 Å². The fourth-order valence-electron chi connectivity index (χ4n) is 5.47. The van der Waals surface area contributed by atoms with Crippen molar-refractivity contribution in [3.05, 3.63) is 29.8 Å². The molecule has 28 heavy (non-hydrogen) atoms. The number of rotatable bonds is 5. The highest BCUT2D eigenvalue weighted by Crippen LogP contribution is 2.42. The third-order valence-electron chi connectivity index (χ3n) is 7.03. The molecule has 3 aliphatic rings. The Hall–Kier alpha value is -1.59. The quantitative estimate of drug-likeness (QED) is 0.727. The van der Waals surface area contributed by atoms with Crippen LogP contribution in [0.2, 0.25) is 0 Å². The second-order valence-electron chi connectivity index (χ2n) is 9.08. The highest BCUT2D eigenvalue weighted by atomic mass is 16.3. The van der Waals surface area contributed by atoms with E-state index in [4.69, 9.17) is 0 Å². The standard InChI is InChI=1S/C23H34N2O3/c26-21-14-17-12-18(22(21)27)15-19(13-17)23(28)24-9-8-16-4-6-20(7-5-16)25-10-2-1-3-11-25/h4-7,17-19,21-22,26-27H,1-3,8-15H2,(H,24,28)/t17-,18+,19+,21-,22+/m1/s1. The number of nitrogens with one attached hydrogen (secondary N) is 1. The zero-order valence-corrected chi connectivity index (χ0v) is 16.7. The molecule has 2 bridgehead atoms. The molecule has 1 saturated heterocycles. The molecular weight excluding hydrogens is 352 g/mol. The minimum Gasteiger partial charge on any atom is -0.390 e. The van der Waals surface area contributed by atoms with Crippen molar-refractivity contribution >= 4 is 11.6 Å². The normalized spacial score (nSPS) is 32.8. The molecule has 0 aromatic heterocycles. The van der Waals surface area contributed by atoms with Gasteiger partial charge in [0.05, 0.1) is 12.2 Å². The van der Waals surface area contributed by atoms with Crippen LogP contribution in [-0.2, 0) is 11.2 Å². The van der Waals surface area contributed by atoms with Gasteiger partial charge in [-0.1, -0.05) is 12.1 Å². The summed E-state index contributed by atoms with van der Waals surface area (Å²) in [5.41, 5.74) is 2.56. The van der Waals surface area contributed by atoms with E-state index in [9.17, 15) is 15.0 Å². The number of aliphatic hydroxyl groups excluding tert-OH is 2. The van der Waals surface area contributed by atoms with E-state index < -0.39 is 12.2 Å². The van der Waals surface area contributed by atoms with Gasteiger partial charge in [0, 0.05) is 31.2 Å². The Balaban J connectivity index is 1.23. The molecule has 1 amide bonds. The van der Waals surface area contributed by atoms with Crippen LogP contribution < -0.4 is 10.2 Å². The smallest absolute Gasteiger partial charge is 0.223 e. The molecule has 1 heterocycles. The predicted octanol–water partition coefficient (Wildman–Crippen LogP) is 2.49. The van der Waals surface area contributed by atoms with Gasteiger partial charge in [0.15, 0.2) is 0 Å². The van der Waals surface area contributed by atoms with Crippen LogP contribution in [0.1, 0.15) is 50.5 Å². The van der Waals surface area contributed by atoms with E-state index in [1.807, 2.05) is 0 Å². The van der Waals surface area contributed by atoms with Crippen molar-refractivity contribution in [1.82, 2.24) is 5.32 Å². The van der Waals surface area contributed by atoms with E-state index in [0.29, 0.717) is 25.3 Å². The molecule has 2 saturated carbocycles. The number of piperidine rings is 1. The second-order valence-corrected chi connectivity index (χ2v) is 9.08. The molecule has 0 spiro atoms. The molecule has 1 aliphatic heterocycles. The average molecular weight is 387 g/mol. The molecule has 5 atom stereocenters. The number of hydrogen-bond acceptors (Lipinski definition) is 4. The number of fused-ring (bicyclic) bond motifs is 2. The van der Waals surface area contributed by atoms with Gasteiger partial charge in [0.1, 0.15) is 0 Å². The van der Waals surface area contributed by atoms with Crippen molar-refractivity contribution in [2.75, 3.05) is 24.5 Å². The molecule has 5 nitrogen and oxygen atoms in total. The molecule has 154 valence electrons. The molecule has 4 rings (SSSR count). The van der Waals surface area contributed by atoms with Crippen molar-refractivity contribution < 1.29 is 15.0 Å². The molecule has 2 aliphatic carbocycles. The van der Waals surface area contributed by atoms with E-state index in [2.05, 4.69) is 34.5 Å². The summed E-state index contributed by atoms with van der Waals surface area (Å²) in [6.45, 7) is 2.97. The number of anilines is 1. The maximum Gasteiger partial charge on any atom is 0.223 e. The third-order valence-corrected chi connectivity index (χ3v) is 7.03. The zero-order valence-electron chi connectivity index (χ0n) is 16.7. The van der Waals surface area contributed by atoms with E-state index in [-0.39, 0.29) is 17.7 Å². The number of hydrogen-bond donors (Lipinski definition) is 3. The molecule has 5 heteroatoms. The van der Waals surface area contributed by atoms with Crippen molar-refractivity contribution in [2.45, 2.75) is 63.6 Å². The van der Waals surface area contributed by atoms with Crippen LogP contribution >= 0.6 is 0 Å². The van der Waals surface area contributed by atoms with Crippen LogP contribution in [0.15, 0.2) is 24.3 Å². The summed E-state index contributed by atoms with van der Waals surface area (Å²) in [6.07, 6.45) is 6.60. The van der Waals surface area contributed by atoms with Crippen molar-refractivity contribution in [1.29, 1.82) is 0 Å². The van der Waals surface area contributed by atoms with E-state index in [0.717, 1.165) is 32.4 Å². The Labute approximate surface area is 168 Å². The molecule has 3 N–H and O–H groups in total. The maximum absolute atomic E-state index is 12.6. The minimum atomic E-state index is -0.662. The fourth-order valence-corrected chi connectivity index (χ4v) is 5.47. The first-order chi connectivity index (χ1) is 13.6. The first-order valence-corrected chi connectivity index (χ1v) is 11.1. The molecule has 0 unspecified atom stereocenters. The Morgan fingerprint density at radius 2 is 1.75 bits per heavy atom. The van der Waals surface area contributed by atoms with Gasteiger partial charge in [-0.2, -0.15) is 0 Å². The predicted molar refractivity (Wildman–Crippen MR) is 110 cm³/mol. The van der Waals surface area contributed by atoms with Crippen molar-refractivity contribution in [3.8, 4) is 0 Å². The summed E-state index contributed by atoms with van der Waals surface area (Å²) >= 11 is 0. The molecular formula is C23H34N2O3.